The van der Waals surface area contributed by atoms with E-state index >= 15 is 0 Å². The lowest BCUT2D eigenvalue weighted by Crippen LogP contribution is -2.43. The van der Waals surface area contributed by atoms with Crippen LogP contribution >= 0.6 is 15.9 Å². The molecule has 11 heteroatoms. The molecule has 3 rings (SSSR count). The Morgan fingerprint density at radius 1 is 1.23 bits per heavy atom. The highest BCUT2D eigenvalue weighted by molar-refractivity contribution is 9.10. The molecule has 3 amide bonds. The van der Waals surface area contributed by atoms with Gasteiger partial charge in [0.2, 0.25) is 0 Å². The second-order valence-corrected chi connectivity index (χ2v) is 7.85. The molecule has 0 radical (unpaired) electrons. The summed E-state index contributed by atoms with van der Waals surface area (Å²) in [5.74, 6) is -0.840. The molecule has 0 aromatic heterocycles. The zero-order valence-electron chi connectivity index (χ0n) is 17.2. The Morgan fingerprint density at radius 2 is 1.97 bits per heavy atom. The molecule has 2 N–H and O–H groups in total. The number of hydrogen-bond donors (Lipinski definition) is 2. The monoisotopic (exact) mass is 496 g/mol. The second-order valence-electron chi connectivity index (χ2n) is 6.99. The second kappa shape index (κ2) is 11.1. The lowest BCUT2D eigenvalue weighted by molar-refractivity contribution is -0.139. The predicted octanol–water partition coefficient (Wildman–Crippen LogP) is 0.814. The number of carbonyl (C=O) groups is 3. The fraction of sp³-hybridized carbons (Fsp3) is 0.500. The van der Waals surface area contributed by atoms with Crippen molar-refractivity contribution in [3.05, 3.63) is 22.2 Å². The lowest BCUT2D eigenvalue weighted by atomic mass is 10.2. The minimum absolute atomic E-state index is 0.0922. The molecule has 1 heterocycles. The van der Waals surface area contributed by atoms with Crippen LogP contribution < -0.4 is 20.2 Å². The average molecular weight is 497 g/mol. The summed E-state index contributed by atoms with van der Waals surface area (Å²) in [5, 5.41) is 6.41. The number of halogens is 1. The molecule has 0 spiro atoms. The summed E-state index contributed by atoms with van der Waals surface area (Å²) in [5.41, 5.74) is 2.80. The van der Waals surface area contributed by atoms with Crippen LogP contribution in [0.2, 0.25) is 0 Å². The summed E-state index contributed by atoms with van der Waals surface area (Å²) >= 11 is 3.43. The van der Waals surface area contributed by atoms with E-state index in [4.69, 9.17) is 14.2 Å². The molecule has 1 saturated carbocycles. The van der Waals surface area contributed by atoms with E-state index in [1.54, 1.807) is 17.0 Å². The Bertz CT molecular complexity index is 852. The number of nitrogens with zero attached hydrogens (tertiary/aromatic N) is 2. The third-order valence-corrected chi connectivity index (χ3v) is 5.12. The van der Waals surface area contributed by atoms with Gasteiger partial charge in [-0.15, -0.1) is 0 Å². The molecule has 2 fully saturated rings. The average Bonchev–Trinajstić information content (AvgIpc) is 3.57. The number of hydrogen-bond acceptors (Lipinski definition) is 7. The van der Waals surface area contributed by atoms with Crippen LogP contribution in [0, 0.1) is 0 Å². The fourth-order valence-electron chi connectivity index (χ4n) is 2.80. The summed E-state index contributed by atoms with van der Waals surface area (Å²) < 4.78 is 17.2. The maximum atomic E-state index is 12.3. The van der Waals surface area contributed by atoms with Gasteiger partial charge in [-0.05, 0) is 53.4 Å². The Labute approximate surface area is 188 Å². The molecule has 168 valence electrons. The van der Waals surface area contributed by atoms with E-state index in [1.165, 1.54) is 6.21 Å². The summed E-state index contributed by atoms with van der Waals surface area (Å²) in [6.07, 6.45) is 3.17. The van der Waals surface area contributed by atoms with Crippen molar-refractivity contribution >= 4 is 39.9 Å². The minimum Gasteiger partial charge on any atom is -0.490 e. The molecule has 1 aromatic carbocycles. The van der Waals surface area contributed by atoms with Gasteiger partial charge in [-0.25, -0.2) is 5.43 Å². The number of ether oxygens (including phenoxy) is 3. The van der Waals surface area contributed by atoms with Gasteiger partial charge in [-0.2, -0.15) is 5.10 Å². The van der Waals surface area contributed by atoms with Crippen molar-refractivity contribution in [2.75, 3.05) is 39.5 Å². The number of amides is 3. The van der Waals surface area contributed by atoms with E-state index in [2.05, 4.69) is 31.8 Å². The highest BCUT2D eigenvalue weighted by atomic mass is 79.9. The highest BCUT2D eigenvalue weighted by Gasteiger charge is 2.26. The molecule has 0 atom stereocenters. The largest absolute Gasteiger partial charge is 0.490 e. The van der Waals surface area contributed by atoms with Crippen LogP contribution in [0.3, 0.4) is 0 Å². The van der Waals surface area contributed by atoms with Gasteiger partial charge in [-0.1, -0.05) is 0 Å². The Kier molecular flexibility index (Phi) is 8.24. The molecule has 1 aliphatic carbocycles. The van der Waals surface area contributed by atoms with Crippen molar-refractivity contribution in [3.8, 4) is 11.5 Å². The zero-order chi connectivity index (χ0) is 22.2. The third kappa shape index (κ3) is 6.93. The normalized spacial score (nSPS) is 16.1. The summed E-state index contributed by atoms with van der Waals surface area (Å²) in [4.78, 5) is 37.4. The molecule has 0 unspecified atom stereocenters. The zero-order valence-corrected chi connectivity index (χ0v) is 18.8. The number of hydrazone groups is 1. The first kappa shape index (κ1) is 23.0. The van der Waals surface area contributed by atoms with Gasteiger partial charge in [-0.3, -0.25) is 14.4 Å². The van der Waals surface area contributed by atoms with Crippen LogP contribution in [0.5, 0.6) is 11.5 Å². The van der Waals surface area contributed by atoms with Gasteiger partial charge >= 0.3 is 11.8 Å². The molecular weight excluding hydrogens is 472 g/mol. The number of morpholine rings is 1. The molecule has 31 heavy (non-hydrogen) atoms. The van der Waals surface area contributed by atoms with Gasteiger partial charge in [0.15, 0.2) is 18.1 Å². The standard InChI is InChI=1S/C20H25BrN4O6/c1-2-30-16-10-13(11-22-24-20(28)19(27)23-14-3-4-14)9-15(21)18(16)31-12-17(26)25-5-7-29-8-6-25/h9-11,14H,2-8,12H2,1H3,(H,23,27)(H,24,28)/b22-11-. The van der Waals surface area contributed by atoms with Crippen molar-refractivity contribution in [1.82, 2.24) is 15.6 Å². The van der Waals surface area contributed by atoms with E-state index in [-0.39, 0.29) is 18.6 Å². The van der Waals surface area contributed by atoms with E-state index < -0.39 is 11.8 Å². The fourth-order valence-corrected chi connectivity index (χ4v) is 3.37. The van der Waals surface area contributed by atoms with E-state index in [0.29, 0.717) is 54.4 Å². The van der Waals surface area contributed by atoms with E-state index in [0.717, 1.165) is 12.8 Å². The SMILES string of the molecule is CCOc1cc(/C=N\NC(=O)C(=O)NC2CC2)cc(Br)c1OCC(=O)N1CCOCC1. The van der Waals surface area contributed by atoms with Gasteiger partial charge in [0.1, 0.15) is 0 Å². The van der Waals surface area contributed by atoms with Gasteiger partial charge in [0.25, 0.3) is 5.91 Å². The Morgan fingerprint density at radius 3 is 2.65 bits per heavy atom. The van der Waals surface area contributed by atoms with Crippen molar-refractivity contribution in [2.45, 2.75) is 25.8 Å². The third-order valence-electron chi connectivity index (χ3n) is 4.53. The lowest BCUT2D eigenvalue weighted by Gasteiger charge is -2.27. The van der Waals surface area contributed by atoms with Gasteiger partial charge in [0, 0.05) is 19.1 Å². The van der Waals surface area contributed by atoms with Crippen LogP contribution in [-0.2, 0) is 19.1 Å². The topological polar surface area (TPSA) is 119 Å². The van der Waals surface area contributed by atoms with Crippen LogP contribution in [-0.4, -0.2) is 74.4 Å². The molecular formula is C20H25BrN4O6. The number of benzene rings is 1. The minimum atomic E-state index is -0.825. The first-order valence-electron chi connectivity index (χ1n) is 10.1. The number of rotatable bonds is 8. The Hall–Kier alpha value is -2.66. The van der Waals surface area contributed by atoms with E-state index in [1.807, 2.05) is 6.92 Å². The van der Waals surface area contributed by atoms with Gasteiger partial charge < -0.3 is 24.4 Å². The van der Waals surface area contributed by atoms with Crippen molar-refractivity contribution in [1.29, 1.82) is 0 Å². The van der Waals surface area contributed by atoms with Crippen LogP contribution in [0.25, 0.3) is 0 Å². The molecule has 10 nitrogen and oxygen atoms in total. The first-order chi connectivity index (χ1) is 15.0. The highest BCUT2D eigenvalue weighted by Crippen LogP contribution is 2.36. The maximum Gasteiger partial charge on any atom is 0.329 e. The first-order valence-corrected chi connectivity index (χ1v) is 10.9. The van der Waals surface area contributed by atoms with Crippen LogP contribution in [0.1, 0.15) is 25.3 Å². The Balaban J connectivity index is 1.61. The number of carbonyl (C=O) groups excluding carboxylic acids is 3. The summed E-state index contributed by atoms with van der Waals surface area (Å²) in [7, 11) is 0. The van der Waals surface area contributed by atoms with Gasteiger partial charge in [0.05, 0.1) is 30.5 Å². The van der Waals surface area contributed by atoms with Crippen LogP contribution in [0.15, 0.2) is 21.7 Å². The number of nitrogens with one attached hydrogen (secondary N) is 2. The molecule has 1 aromatic rings. The van der Waals surface area contributed by atoms with E-state index in [9.17, 15) is 14.4 Å². The molecule has 1 aliphatic heterocycles. The molecule has 2 aliphatic rings. The van der Waals surface area contributed by atoms with Crippen molar-refractivity contribution < 1.29 is 28.6 Å². The van der Waals surface area contributed by atoms with Crippen molar-refractivity contribution in [3.63, 3.8) is 0 Å². The molecule has 0 bridgehead atoms. The summed E-state index contributed by atoms with van der Waals surface area (Å²) in [6, 6.07) is 3.47. The maximum absolute atomic E-state index is 12.3. The van der Waals surface area contributed by atoms with Crippen LogP contribution in [0.4, 0.5) is 0 Å². The smallest absolute Gasteiger partial charge is 0.329 e. The van der Waals surface area contributed by atoms with Crippen molar-refractivity contribution in [2.24, 2.45) is 5.10 Å². The molecule has 1 saturated heterocycles. The summed E-state index contributed by atoms with van der Waals surface area (Å²) in [6.45, 7) is 4.22. The quantitative estimate of drug-likeness (QED) is 0.312. The predicted molar refractivity (Wildman–Crippen MR) is 115 cm³/mol.